The zero-order chi connectivity index (χ0) is 8.15. The molecule has 0 aromatic heterocycles. The van der Waals surface area contributed by atoms with Crippen LogP contribution in [-0.2, 0) is 0 Å². The Hall–Kier alpha value is -0.220. The molecule has 0 radical (unpaired) electrons. The Bertz CT molecular complexity index is 118. The minimum atomic E-state index is -0.0162. The van der Waals surface area contributed by atoms with E-state index >= 15 is 0 Å². The summed E-state index contributed by atoms with van der Waals surface area (Å²) in [5.74, 6) is 6.11. The monoisotopic (exact) mass is 162 g/mol. The highest BCUT2D eigenvalue weighted by atomic mass is 32.2. The van der Waals surface area contributed by atoms with E-state index in [2.05, 4.69) is 0 Å². The number of rotatable bonds is 0. The van der Waals surface area contributed by atoms with E-state index in [0.717, 1.165) is 5.75 Å². The first-order valence-corrected chi connectivity index (χ1v) is 4.41. The molecule has 3 nitrogen and oxygen atoms in total. The summed E-state index contributed by atoms with van der Waals surface area (Å²) in [6.07, 6.45) is 0. The third-order valence-corrected chi connectivity index (χ3v) is 2.24. The maximum atomic E-state index is 10.5. The van der Waals surface area contributed by atoms with Crippen LogP contribution in [0.3, 0.4) is 0 Å². The molecule has 0 bridgehead atoms. The van der Waals surface area contributed by atoms with Gasteiger partial charge >= 0.3 is 0 Å². The lowest BCUT2D eigenvalue weighted by atomic mass is 10.4. The van der Waals surface area contributed by atoms with Crippen LogP contribution in [0.15, 0.2) is 0 Å². The van der Waals surface area contributed by atoms with Gasteiger partial charge in [-0.15, -0.1) is 0 Å². The summed E-state index contributed by atoms with van der Waals surface area (Å²) in [7, 11) is 0. The standard InChI is InChI=1S/C4H8N2OS.C2H6/c1-3-2-8-4(7)6(3)5;1-2/h3H,2,5H2,1H3;1-2H3. The number of amides is 1. The third kappa shape index (κ3) is 2.19. The van der Waals surface area contributed by atoms with Crippen molar-refractivity contribution in [3.8, 4) is 0 Å². The second-order valence-electron chi connectivity index (χ2n) is 1.83. The first-order chi connectivity index (χ1) is 4.72. The van der Waals surface area contributed by atoms with Gasteiger partial charge in [0.2, 0.25) is 0 Å². The lowest BCUT2D eigenvalue weighted by Gasteiger charge is -2.11. The Kier molecular flexibility index (Phi) is 4.47. The zero-order valence-electron chi connectivity index (χ0n) is 6.63. The minimum Gasteiger partial charge on any atom is -0.268 e. The number of nitrogens with two attached hydrogens (primary N) is 1. The molecule has 0 spiro atoms. The predicted octanol–water partition coefficient (Wildman–Crippen LogP) is 1.44. The summed E-state index contributed by atoms with van der Waals surface area (Å²) >= 11 is 1.28. The lowest BCUT2D eigenvalue weighted by Crippen LogP contribution is -2.37. The van der Waals surface area contributed by atoms with Gasteiger partial charge in [-0.05, 0) is 6.92 Å². The maximum Gasteiger partial charge on any atom is 0.295 e. The molecule has 0 aromatic carbocycles. The van der Waals surface area contributed by atoms with Crippen molar-refractivity contribution < 1.29 is 4.79 Å². The van der Waals surface area contributed by atoms with E-state index < -0.39 is 0 Å². The van der Waals surface area contributed by atoms with Gasteiger partial charge in [-0.3, -0.25) is 9.80 Å². The second-order valence-corrected chi connectivity index (χ2v) is 2.80. The van der Waals surface area contributed by atoms with Gasteiger partial charge in [0, 0.05) is 5.75 Å². The molecule has 4 heteroatoms. The Labute approximate surface area is 65.9 Å². The number of carbonyl (C=O) groups is 1. The van der Waals surface area contributed by atoms with E-state index in [1.807, 2.05) is 20.8 Å². The fraction of sp³-hybridized carbons (Fsp3) is 0.833. The van der Waals surface area contributed by atoms with E-state index in [4.69, 9.17) is 5.84 Å². The SMILES string of the molecule is CC.CC1CSC(=O)N1N. The summed E-state index contributed by atoms with van der Waals surface area (Å²) in [4.78, 5) is 10.5. The van der Waals surface area contributed by atoms with Crippen molar-refractivity contribution in [1.82, 2.24) is 5.01 Å². The van der Waals surface area contributed by atoms with Crippen molar-refractivity contribution in [2.75, 3.05) is 5.75 Å². The van der Waals surface area contributed by atoms with E-state index in [1.54, 1.807) is 0 Å². The highest BCUT2D eigenvalue weighted by Gasteiger charge is 2.24. The first-order valence-electron chi connectivity index (χ1n) is 3.42. The molecule has 1 heterocycles. The molecule has 1 unspecified atom stereocenters. The number of carbonyl (C=O) groups excluding carboxylic acids is 1. The van der Waals surface area contributed by atoms with Crippen LogP contribution in [-0.4, -0.2) is 22.0 Å². The molecule has 0 aromatic rings. The van der Waals surface area contributed by atoms with Crippen molar-refractivity contribution in [2.24, 2.45) is 5.84 Å². The minimum absolute atomic E-state index is 0.0162. The molecule has 1 aliphatic rings. The average Bonchev–Trinajstić information content (AvgIpc) is 2.25. The molecule has 60 valence electrons. The number of hydrogen-bond acceptors (Lipinski definition) is 3. The summed E-state index contributed by atoms with van der Waals surface area (Å²) in [6.45, 7) is 5.93. The molecular formula is C6H14N2OS. The van der Waals surface area contributed by atoms with E-state index in [0.29, 0.717) is 0 Å². The van der Waals surface area contributed by atoms with E-state index in [1.165, 1.54) is 16.8 Å². The van der Waals surface area contributed by atoms with E-state index in [9.17, 15) is 4.79 Å². The van der Waals surface area contributed by atoms with Crippen LogP contribution < -0.4 is 5.84 Å². The van der Waals surface area contributed by atoms with Crippen molar-refractivity contribution in [2.45, 2.75) is 26.8 Å². The molecular weight excluding hydrogens is 148 g/mol. The van der Waals surface area contributed by atoms with Gasteiger partial charge in [0.05, 0.1) is 6.04 Å². The van der Waals surface area contributed by atoms with Crippen LogP contribution in [0.4, 0.5) is 4.79 Å². The van der Waals surface area contributed by atoms with Crippen LogP contribution in [0.2, 0.25) is 0 Å². The molecule has 1 saturated heterocycles. The number of nitrogens with zero attached hydrogens (tertiary/aromatic N) is 1. The Morgan fingerprint density at radius 2 is 2.20 bits per heavy atom. The molecule has 0 saturated carbocycles. The highest BCUT2D eigenvalue weighted by Crippen LogP contribution is 2.18. The number of hydrogen-bond donors (Lipinski definition) is 1. The van der Waals surface area contributed by atoms with Gasteiger partial charge in [-0.2, -0.15) is 0 Å². The second kappa shape index (κ2) is 4.57. The Morgan fingerprint density at radius 1 is 1.70 bits per heavy atom. The lowest BCUT2D eigenvalue weighted by molar-refractivity contribution is 0.217. The molecule has 1 fully saturated rings. The molecule has 2 N–H and O–H groups in total. The van der Waals surface area contributed by atoms with Crippen molar-refractivity contribution >= 4 is 17.0 Å². The summed E-state index contributed by atoms with van der Waals surface area (Å²) in [6, 6.07) is 0.215. The van der Waals surface area contributed by atoms with Crippen molar-refractivity contribution in [3.63, 3.8) is 0 Å². The fourth-order valence-corrected chi connectivity index (χ4v) is 1.40. The molecule has 10 heavy (non-hydrogen) atoms. The zero-order valence-corrected chi connectivity index (χ0v) is 7.44. The normalized spacial score (nSPS) is 24.2. The summed E-state index contributed by atoms with van der Waals surface area (Å²) < 4.78 is 0. The molecule has 0 aliphatic carbocycles. The smallest absolute Gasteiger partial charge is 0.268 e. The van der Waals surface area contributed by atoms with Gasteiger partial charge in [-0.1, -0.05) is 25.6 Å². The molecule has 1 amide bonds. The molecule has 1 rings (SSSR count). The Morgan fingerprint density at radius 3 is 2.30 bits per heavy atom. The molecule has 1 aliphatic heterocycles. The number of hydrazine groups is 1. The van der Waals surface area contributed by atoms with Crippen LogP contribution in [0.25, 0.3) is 0 Å². The highest BCUT2D eigenvalue weighted by molar-refractivity contribution is 8.13. The maximum absolute atomic E-state index is 10.5. The topological polar surface area (TPSA) is 46.3 Å². The number of thioether (sulfide) groups is 1. The third-order valence-electron chi connectivity index (χ3n) is 1.13. The van der Waals surface area contributed by atoms with Gasteiger partial charge in [0.15, 0.2) is 0 Å². The van der Waals surface area contributed by atoms with E-state index in [-0.39, 0.29) is 11.3 Å². The van der Waals surface area contributed by atoms with Crippen molar-refractivity contribution in [3.05, 3.63) is 0 Å². The van der Waals surface area contributed by atoms with Gasteiger partial charge in [-0.25, -0.2) is 5.84 Å². The Balaban J connectivity index is 0.000000371. The molecule has 1 atom stereocenters. The largest absolute Gasteiger partial charge is 0.295 e. The van der Waals surface area contributed by atoms with Gasteiger partial charge in [0.1, 0.15) is 0 Å². The predicted molar refractivity (Wildman–Crippen MR) is 44.7 cm³/mol. The summed E-state index contributed by atoms with van der Waals surface area (Å²) in [5, 5.41) is 1.25. The summed E-state index contributed by atoms with van der Waals surface area (Å²) in [5.41, 5.74) is 0. The quantitative estimate of drug-likeness (QED) is 0.433. The first kappa shape index (κ1) is 9.78. The fourth-order valence-electron chi connectivity index (χ4n) is 0.527. The van der Waals surface area contributed by atoms with Crippen LogP contribution in [0.5, 0.6) is 0 Å². The van der Waals surface area contributed by atoms with Crippen LogP contribution in [0.1, 0.15) is 20.8 Å². The van der Waals surface area contributed by atoms with Crippen molar-refractivity contribution in [1.29, 1.82) is 0 Å². The average molecular weight is 162 g/mol. The van der Waals surface area contributed by atoms with Crippen LogP contribution >= 0.6 is 11.8 Å². The van der Waals surface area contributed by atoms with Crippen LogP contribution in [0, 0.1) is 0 Å². The van der Waals surface area contributed by atoms with Gasteiger partial charge < -0.3 is 0 Å². The van der Waals surface area contributed by atoms with Gasteiger partial charge in [0.25, 0.3) is 5.24 Å².